The number of hydrogen-bond acceptors (Lipinski definition) is 5. The van der Waals surface area contributed by atoms with E-state index in [9.17, 15) is 8.42 Å². The molecule has 0 aliphatic carbocycles. The van der Waals surface area contributed by atoms with Crippen LogP contribution < -0.4 is 9.62 Å². The standard InChI is InChI=1S/C16H20N4O2S/c1-19-9-11-20(12-10-19)14-7-8-16(17-13-14)18-23(21,22)15-5-3-2-4-6-15/h2-8,13H,9-12H2,1H3,(H,17,18). The molecule has 0 unspecified atom stereocenters. The van der Waals surface area contributed by atoms with Crippen LogP contribution in [0.25, 0.3) is 0 Å². The van der Waals surface area contributed by atoms with Crippen LogP contribution in [0.3, 0.4) is 0 Å². The maximum atomic E-state index is 12.3. The summed E-state index contributed by atoms with van der Waals surface area (Å²) in [6.07, 6.45) is 1.72. The van der Waals surface area contributed by atoms with Gasteiger partial charge in [0, 0.05) is 26.2 Å². The Morgan fingerprint density at radius 3 is 2.30 bits per heavy atom. The lowest BCUT2D eigenvalue weighted by Crippen LogP contribution is -2.44. The van der Waals surface area contributed by atoms with Crippen LogP contribution in [0.2, 0.25) is 0 Å². The van der Waals surface area contributed by atoms with Crippen LogP contribution >= 0.6 is 0 Å². The zero-order chi connectivity index (χ0) is 16.3. The topological polar surface area (TPSA) is 65.5 Å². The molecule has 0 amide bonds. The number of aromatic nitrogens is 1. The van der Waals surface area contributed by atoms with E-state index in [1.807, 2.05) is 6.07 Å². The third kappa shape index (κ3) is 3.80. The number of pyridine rings is 1. The second-order valence-corrected chi connectivity index (χ2v) is 7.29. The molecule has 2 heterocycles. The Hall–Kier alpha value is -2.12. The smallest absolute Gasteiger partial charge is 0.263 e. The van der Waals surface area contributed by atoms with Gasteiger partial charge in [-0.25, -0.2) is 13.4 Å². The quantitative estimate of drug-likeness (QED) is 0.922. The van der Waals surface area contributed by atoms with E-state index in [0.29, 0.717) is 5.82 Å². The fraction of sp³-hybridized carbons (Fsp3) is 0.312. The van der Waals surface area contributed by atoms with Crippen LogP contribution in [0.1, 0.15) is 0 Å². The van der Waals surface area contributed by atoms with Crippen molar-refractivity contribution in [3.05, 3.63) is 48.7 Å². The van der Waals surface area contributed by atoms with Crippen LogP contribution in [-0.4, -0.2) is 51.5 Å². The number of piperazine rings is 1. The SMILES string of the molecule is CN1CCN(c2ccc(NS(=O)(=O)c3ccccc3)nc2)CC1. The van der Waals surface area contributed by atoms with Gasteiger partial charge in [0.05, 0.1) is 16.8 Å². The molecule has 0 radical (unpaired) electrons. The summed E-state index contributed by atoms with van der Waals surface area (Å²) in [6.45, 7) is 3.94. The summed E-state index contributed by atoms with van der Waals surface area (Å²) in [7, 11) is -1.48. The van der Waals surface area contributed by atoms with Crippen molar-refractivity contribution in [3.8, 4) is 0 Å². The third-order valence-electron chi connectivity index (χ3n) is 3.91. The Morgan fingerprint density at radius 1 is 1.00 bits per heavy atom. The molecule has 1 aliphatic rings. The molecular weight excluding hydrogens is 312 g/mol. The monoisotopic (exact) mass is 332 g/mol. The maximum Gasteiger partial charge on any atom is 0.263 e. The highest BCUT2D eigenvalue weighted by atomic mass is 32.2. The molecule has 1 fully saturated rings. The van der Waals surface area contributed by atoms with E-state index >= 15 is 0 Å². The van der Waals surface area contributed by atoms with Gasteiger partial charge >= 0.3 is 0 Å². The van der Waals surface area contributed by atoms with E-state index < -0.39 is 10.0 Å². The van der Waals surface area contributed by atoms with Crippen molar-refractivity contribution in [2.75, 3.05) is 42.8 Å². The number of rotatable bonds is 4. The molecule has 0 spiro atoms. The third-order valence-corrected chi connectivity index (χ3v) is 5.28. The lowest BCUT2D eigenvalue weighted by molar-refractivity contribution is 0.313. The van der Waals surface area contributed by atoms with Crippen molar-refractivity contribution in [1.82, 2.24) is 9.88 Å². The molecule has 122 valence electrons. The van der Waals surface area contributed by atoms with Crippen molar-refractivity contribution in [2.24, 2.45) is 0 Å². The van der Waals surface area contributed by atoms with Gasteiger partial charge in [-0.2, -0.15) is 0 Å². The van der Waals surface area contributed by atoms with E-state index in [1.54, 1.807) is 42.6 Å². The first-order chi connectivity index (χ1) is 11.0. The van der Waals surface area contributed by atoms with Gasteiger partial charge < -0.3 is 9.80 Å². The highest BCUT2D eigenvalue weighted by molar-refractivity contribution is 7.92. The average molecular weight is 332 g/mol. The number of likely N-dealkylation sites (N-methyl/N-ethyl adjacent to an activating group) is 1. The summed E-state index contributed by atoms with van der Waals surface area (Å²) < 4.78 is 27.0. The molecule has 0 atom stereocenters. The molecule has 1 N–H and O–H groups in total. The second-order valence-electron chi connectivity index (χ2n) is 5.61. The minimum absolute atomic E-state index is 0.227. The molecule has 6 nitrogen and oxygen atoms in total. The van der Waals surface area contributed by atoms with Gasteiger partial charge in [0.25, 0.3) is 10.0 Å². The predicted octanol–water partition coefficient (Wildman–Crippen LogP) is 1.63. The highest BCUT2D eigenvalue weighted by Crippen LogP contribution is 2.19. The summed E-state index contributed by atoms with van der Waals surface area (Å²) in [5.41, 5.74) is 1.01. The van der Waals surface area contributed by atoms with Gasteiger partial charge in [0.15, 0.2) is 0 Å². The van der Waals surface area contributed by atoms with Crippen molar-refractivity contribution in [1.29, 1.82) is 0 Å². The minimum Gasteiger partial charge on any atom is -0.368 e. The van der Waals surface area contributed by atoms with Gasteiger partial charge in [-0.3, -0.25) is 4.72 Å². The summed E-state index contributed by atoms with van der Waals surface area (Å²) in [4.78, 5) is 9.00. The molecule has 1 saturated heterocycles. The molecule has 7 heteroatoms. The normalized spacial score (nSPS) is 16.3. The molecule has 1 aliphatic heterocycles. The summed E-state index contributed by atoms with van der Waals surface area (Å²) >= 11 is 0. The molecule has 2 aromatic rings. The van der Waals surface area contributed by atoms with Crippen molar-refractivity contribution < 1.29 is 8.42 Å². The number of nitrogens with one attached hydrogen (secondary N) is 1. The molecule has 3 rings (SSSR count). The van der Waals surface area contributed by atoms with Crippen LogP contribution in [-0.2, 0) is 10.0 Å². The Morgan fingerprint density at radius 2 is 1.70 bits per heavy atom. The first-order valence-corrected chi connectivity index (χ1v) is 9.00. The maximum absolute atomic E-state index is 12.3. The molecule has 23 heavy (non-hydrogen) atoms. The fourth-order valence-corrected chi connectivity index (χ4v) is 3.52. The summed E-state index contributed by atoms with van der Waals surface area (Å²) in [6, 6.07) is 11.9. The molecule has 0 bridgehead atoms. The summed E-state index contributed by atoms with van der Waals surface area (Å²) in [5, 5.41) is 0. The number of anilines is 2. The fourth-order valence-electron chi connectivity index (χ4n) is 2.49. The first-order valence-electron chi connectivity index (χ1n) is 7.52. The highest BCUT2D eigenvalue weighted by Gasteiger charge is 2.16. The van der Waals surface area contributed by atoms with Gasteiger partial charge in [-0.05, 0) is 31.3 Å². The lowest BCUT2D eigenvalue weighted by atomic mass is 10.3. The van der Waals surface area contributed by atoms with E-state index in [-0.39, 0.29) is 4.90 Å². The Balaban J connectivity index is 1.70. The number of hydrogen-bond donors (Lipinski definition) is 1. The van der Waals surface area contributed by atoms with E-state index in [1.165, 1.54) is 0 Å². The van der Waals surface area contributed by atoms with E-state index in [2.05, 4.69) is 26.6 Å². The second kappa shape index (κ2) is 6.55. The average Bonchev–Trinajstić information content (AvgIpc) is 2.57. The van der Waals surface area contributed by atoms with Gasteiger partial charge in [0.1, 0.15) is 5.82 Å². The first kappa shape index (κ1) is 15.8. The van der Waals surface area contributed by atoms with Crippen LogP contribution in [0.5, 0.6) is 0 Å². The number of nitrogens with zero attached hydrogens (tertiary/aromatic N) is 3. The van der Waals surface area contributed by atoms with Crippen molar-refractivity contribution in [2.45, 2.75) is 4.90 Å². The lowest BCUT2D eigenvalue weighted by Gasteiger charge is -2.33. The van der Waals surface area contributed by atoms with Gasteiger partial charge in [-0.15, -0.1) is 0 Å². The summed E-state index contributed by atoms with van der Waals surface area (Å²) in [5.74, 6) is 0.326. The predicted molar refractivity (Wildman–Crippen MR) is 91.2 cm³/mol. The largest absolute Gasteiger partial charge is 0.368 e. The minimum atomic E-state index is -3.59. The van der Waals surface area contributed by atoms with Gasteiger partial charge in [-0.1, -0.05) is 18.2 Å². The van der Waals surface area contributed by atoms with Crippen molar-refractivity contribution in [3.63, 3.8) is 0 Å². The zero-order valence-electron chi connectivity index (χ0n) is 13.0. The van der Waals surface area contributed by atoms with Crippen molar-refractivity contribution >= 4 is 21.5 Å². The zero-order valence-corrected chi connectivity index (χ0v) is 13.8. The Labute approximate surface area is 136 Å². The Bertz CT molecular complexity index is 739. The molecule has 1 aromatic carbocycles. The van der Waals surface area contributed by atoms with Crippen LogP contribution in [0, 0.1) is 0 Å². The van der Waals surface area contributed by atoms with E-state index in [4.69, 9.17) is 0 Å². The molecule has 1 aromatic heterocycles. The van der Waals surface area contributed by atoms with Crippen LogP contribution in [0.4, 0.5) is 11.5 Å². The van der Waals surface area contributed by atoms with Crippen LogP contribution in [0.15, 0.2) is 53.6 Å². The molecule has 0 saturated carbocycles. The Kier molecular flexibility index (Phi) is 4.49. The van der Waals surface area contributed by atoms with E-state index in [0.717, 1.165) is 31.9 Å². The number of benzene rings is 1. The molecular formula is C16H20N4O2S. The number of sulfonamides is 1. The van der Waals surface area contributed by atoms with Gasteiger partial charge in [0.2, 0.25) is 0 Å².